The van der Waals surface area contributed by atoms with E-state index in [-0.39, 0.29) is 12.7 Å². The second kappa shape index (κ2) is 8.85. The molecule has 9 nitrogen and oxygen atoms in total. The van der Waals surface area contributed by atoms with Crippen LogP contribution in [0.3, 0.4) is 0 Å². The van der Waals surface area contributed by atoms with Gasteiger partial charge < -0.3 is 24.8 Å². The van der Waals surface area contributed by atoms with Crippen molar-refractivity contribution >= 4 is 11.9 Å². The lowest BCUT2D eigenvalue weighted by atomic mass is 10.2. The molecule has 0 aliphatic carbocycles. The Balaban J connectivity index is 1.28. The van der Waals surface area contributed by atoms with Gasteiger partial charge in [0.1, 0.15) is 5.69 Å². The third-order valence-electron chi connectivity index (χ3n) is 4.59. The zero-order valence-electron chi connectivity index (χ0n) is 15.5. The number of rotatable bonds is 7. The number of nitrogens with zero attached hydrogens (tertiary/aromatic N) is 3. The van der Waals surface area contributed by atoms with Gasteiger partial charge in [-0.05, 0) is 23.8 Å². The number of aromatic nitrogens is 2. The molecule has 0 saturated carbocycles. The van der Waals surface area contributed by atoms with Crippen LogP contribution >= 0.6 is 0 Å². The van der Waals surface area contributed by atoms with Crippen molar-refractivity contribution in [1.29, 1.82) is 0 Å². The van der Waals surface area contributed by atoms with Crippen LogP contribution in [0.2, 0.25) is 0 Å². The largest absolute Gasteiger partial charge is 0.454 e. The molecule has 1 aromatic carbocycles. The molecule has 148 valence electrons. The second-order valence-corrected chi connectivity index (χ2v) is 6.52. The average molecular weight is 385 g/mol. The van der Waals surface area contributed by atoms with E-state index in [0.717, 1.165) is 49.9 Å². The summed E-state index contributed by atoms with van der Waals surface area (Å²) in [6.07, 6.45) is 1.58. The van der Waals surface area contributed by atoms with Crippen LogP contribution in [-0.2, 0) is 11.3 Å². The van der Waals surface area contributed by atoms with E-state index in [9.17, 15) is 4.79 Å². The van der Waals surface area contributed by atoms with Gasteiger partial charge in [0.15, 0.2) is 11.5 Å². The van der Waals surface area contributed by atoms with Crippen molar-refractivity contribution in [1.82, 2.24) is 20.2 Å². The maximum atomic E-state index is 12.3. The highest BCUT2D eigenvalue weighted by Gasteiger charge is 2.14. The first-order chi connectivity index (χ1) is 13.8. The summed E-state index contributed by atoms with van der Waals surface area (Å²) in [5, 5.41) is 6.04. The van der Waals surface area contributed by atoms with E-state index in [0.29, 0.717) is 24.7 Å². The predicted octanol–water partition coefficient (Wildman–Crippen LogP) is 0.879. The summed E-state index contributed by atoms with van der Waals surface area (Å²) >= 11 is 0. The van der Waals surface area contributed by atoms with Crippen molar-refractivity contribution in [3.8, 4) is 11.5 Å². The van der Waals surface area contributed by atoms with Crippen LogP contribution in [-0.4, -0.2) is 67.0 Å². The van der Waals surface area contributed by atoms with E-state index in [2.05, 4.69) is 25.5 Å². The Kier molecular flexibility index (Phi) is 5.83. The molecule has 1 aromatic heterocycles. The molecular formula is C19H23N5O4. The standard InChI is InChI=1S/C19H23N5O4/c25-18(20-5-6-24-7-9-26-10-8-24)15-3-4-21-19(23-15)22-12-14-1-2-16-17(11-14)28-13-27-16/h1-4,11H,5-10,12-13H2,(H,20,25)(H,21,22,23). The van der Waals surface area contributed by atoms with Crippen molar-refractivity contribution in [2.45, 2.75) is 6.54 Å². The SMILES string of the molecule is O=C(NCCN1CCOCC1)c1ccnc(NCc2ccc3c(c2)OCO3)n1. The molecule has 0 atom stereocenters. The number of fused-ring (bicyclic) bond motifs is 1. The predicted molar refractivity (Wildman–Crippen MR) is 102 cm³/mol. The molecule has 3 heterocycles. The Morgan fingerprint density at radius 3 is 2.89 bits per heavy atom. The molecule has 0 radical (unpaired) electrons. The van der Waals surface area contributed by atoms with Crippen LogP contribution in [0, 0.1) is 0 Å². The lowest BCUT2D eigenvalue weighted by Crippen LogP contribution is -2.41. The van der Waals surface area contributed by atoms with Crippen LogP contribution in [0.1, 0.15) is 16.1 Å². The highest BCUT2D eigenvalue weighted by Crippen LogP contribution is 2.32. The average Bonchev–Trinajstić information content (AvgIpc) is 3.21. The monoisotopic (exact) mass is 385 g/mol. The fourth-order valence-electron chi connectivity index (χ4n) is 3.05. The maximum Gasteiger partial charge on any atom is 0.270 e. The van der Waals surface area contributed by atoms with Gasteiger partial charge in [0.05, 0.1) is 13.2 Å². The number of hydrogen-bond acceptors (Lipinski definition) is 8. The smallest absolute Gasteiger partial charge is 0.270 e. The van der Waals surface area contributed by atoms with Crippen molar-refractivity contribution in [3.63, 3.8) is 0 Å². The summed E-state index contributed by atoms with van der Waals surface area (Å²) in [4.78, 5) is 23.1. The summed E-state index contributed by atoms with van der Waals surface area (Å²) in [5.74, 6) is 1.67. The quantitative estimate of drug-likeness (QED) is 0.725. The number of anilines is 1. The molecule has 0 bridgehead atoms. The fourth-order valence-corrected chi connectivity index (χ4v) is 3.05. The molecule has 0 unspecified atom stereocenters. The lowest BCUT2D eigenvalue weighted by molar-refractivity contribution is 0.0383. The first-order valence-corrected chi connectivity index (χ1v) is 9.32. The van der Waals surface area contributed by atoms with Gasteiger partial charge in [-0.3, -0.25) is 9.69 Å². The number of carbonyl (C=O) groups excluding carboxylic acids is 1. The third kappa shape index (κ3) is 4.68. The van der Waals surface area contributed by atoms with Gasteiger partial charge in [0.2, 0.25) is 12.7 Å². The summed E-state index contributed by atoms with van der Waals surface area (Å²) in [5.41, 5.74) is 1.35. The van der Waals surface area contributed by atoms with Gasteiger partial charge in [-0.25, -0.2) is 9.97 Å². The van der Waals surface area contributed by atoms with Crippen LogP contribution in [0.15, 0.2) is 30.5 Å². The number of benzene rings is 1. The molecular weight excluding hydrogens is 362 g/mol. The molecule has 0 spiro atoms. The van der Waals surface area contributed by atoms with Crippen molar-refractivity contribution < 1.29 is 19.0 Å². The molecule has 2 aliphatic heterocycles. The molecule has 28 heavy (non-hydrogen) atoms. The summed E-state index contributed by atoms with van der Waals surface area (Å²) in [6.45, 7) is 5.43. The van der Waals surface area contributed by atoms with Gasteiger partial charge >= 0.3 is 0 Å². The summed E-state index contributed by atoms with van der Waals surface area (Å²) in [7, 11) is 0. The van der Waals surface area contributed by atoms with Crippen molar-refractivity contribution in [3.05, 3.63) is 41.7 Å². The molecule has 2 N–H and O–H groups in total. The van der Waals surface area contributed by atoms with Gasteiger partial charge in [0, 0.05) is 38.9 Å². The highest BCUT2D eigenvalue weighted by molar-refractivity contribution is 5.92. The minimum Gasteiger partial charge on any atom is -0.454 e. The number of carbonyl (C=O) groups is 1. The summed E-state index contributed by atoms with van der Waals surface area (Å²) in [6, 6.07) is 7.34. The highest BCUT2D eigenvalue weighted by atomic mass is 16.7. The first-order valence-electron chi connectivity index (χ1n) is 9.32. The number of nitrogens with one attached hydrogen (secondary N) is 2. The van der Waals surface area contributed by atoms with Gasteiger partial charge in [-0.2, -0.15) is 0 Å². The fraction of sp³-hybridized carbons (Fsp3) is 0.421. The van der Waals surface area contributed by atoms with Crippen LogP contribution in [0.4, 0.5) is 5.95 Å². The van der Waals surface area contributed by atoms with E-state index in [1.165, 1.54) is 0 Å². The zero-order valence-corrected chi connectivity index (χ0v) is 15.5. The van der Waals surface area contributed by atoms with Crippen molar-refractivity contribution in [2.24, 2.45) is 0 Å². The molecule has 2 aromatic rings. The number of morpholine rings is 1. The molecule has 2 aliphatic rings. The van der Waals surface area contributed by atoms with E-state index >= 15 is 0 Å². The molecule has 9 heteroatoms. The Bertz CT molecular complexity index is 826. The van der Waals surface area contributed by atoms with Crippen LogP contribution < -0.4 is 20.1 Å². The molecule has 1 amide bonds. The third-order valence-corrected chi connectivity index (χ3v) is 4.59. The topological polar surface area (TPSA) is 97.8 Å². The van der Waals surface area contributed by atoms with E-state index in [1.54, 1.807) is 12.3 Å². The van der Waals surface area contributed by atoms with Crippen LogP contribution in [0.25, 0.3) is 0 Å². The normalized spacial score (nSPS) is 16.0. The maximum absolute atomic E-state index is 12.3. The first kappa shape index (κ1) is 18.5. The van der Waals surface area contributed by atoms with Crippen molar-refractivity contribution in [2.75, 3.05) is 51.5 Å². The van der Waals surface area contributed by atoms with Gasteiger partial charge in [0.25, 0.3) is 5.91 Å². The summed E-state index contributed by atoms with van der Waals surface area (Å²) < 4.78 is 16.0. The van der Waals surface area contributed by atoms with E-state index in [1.807, 2.05) is 18.2 Å². The minimum absolute atomic E-state index is 0.207. The number of hydrogen-bond donors (Lipinski definition) is 2. The van der Waals surface area contributed by atoms with Gasteiger partial charge in [-0.15, -0.1) is 0 Å². The Hall–Kier alpha value is -2.91. The molecule has 1 fully saturated rings. The number of ether oxygens (including phenoxy) is 3. The van der Waals surface area contributed by atoms with E-state index in [4.69, 9.17) is 14.2 Å². The number of amides is 1. The van der Waals surface area contributed by atoms with Crippen LogP contribution in [0.5, 0.6) is 11.5 Å². The Morgan fingerprint density at radius 1 is 1.14 bits per heavy atom. The van der Waals surface area contributed by atoms with E-state index < -0.39 is 0 Å². The Labute approximate surface area is 163 Å². The lowest BCUT2D eigenvalue weighted by Gasteiger charge is -2.26. The molecule has 4 rings (SSSR count). The van der Waals surface area contributed by atoms with Gasteiger partial charge in [-0.1, -0.05) is 6.07 Å². The molecule has 1 saturated heterocycles. The Morgan fingerprint density at radius 2 is 2.00 bits per heavy atom. The second-order valence-electron chi connectivity index (χ2n) is 6.52. The minimum atomic E-state index is -0.207. The zero-order chi connectivity index (χ0) is 19.2.